The van der Waals surface area contributed by atoms with E-state index in [1.54, 1.807) is 40.1 Å². The van der Waals surface area contributed by atoms with Gasteiger partial charge in [-0.15, -0.1) is 0 Å². The third kappa shape index (κ3) is 7.73. The number of pyridine rings is 1. The fourth-order valence-corrected chi connectivity index (χ4v) is 3.95. The van der Waals surface area contributed by atoms with Gasteiger partial charge in [-0.1, -0.05) is 38.1 Å². The van der Waals surface area contributed by atoms with Gasteiger partial charge in [-0.05, 0) is 42.3 Å². The van der Waals surface area contributed by atoms with Crippen molar-refractivity contribution in [2.24, 2.45) is 5.92 Å². The lowest BCUT2D eigenvalue weighted by molar-refractivity contribution is -0.138. The molecule has 0 aliphatic rings. The average molecular weight is 565 g/mol. The van der Waals surface area contributed by atoms with E-state index in [0.717, 1.165) is 11.1 Å². The Bertz CT molecular complexity index is 1300. The minimum absolute atomic E-state index is 0.116. The molecule has 0 saturated carbocycles. The van der Waals surface area contributed by atoms with Crippen molar-refractivity contribution in [3.63, 3.8) is 0 Å². The van der Waals surface area contributed by atoms with Gasteiger partial charge in [0, 0.05) is 19.3 Å². The monoisotopic (exact) mass is 564 g/mol. The van der Waals surface area contributed by atoms with Crippen LogP contribution >= 0.6 is 0 Å². The fourth-order valence-electron chi connectivity index (χ4n) is 3.95. The maximum Gasteiger partial charge on any atom is 0.313 e. The number of hydrogen-bond donors (Lipinski definition) is 2. The number of nitrogens with one attached hydrogen (secondary N) is 2. The molecule has 0 unspecified atom stereocenters. The number of benzene rings is 2. The number of nitrogens with zero attached hydrogens (tertiary/aromatic N) is 2. The molecule has 2 aromatic carbocycles. The van der Waals surface area contributed by atoms with Gasteiger partial charge in [0.25, 0.3) is 11.8 Å². The van der Waals surface area contributed by atoms with Crippen molar-refractivity contribution >= 4 is 17.8 Å². The average Bonchev–Trinajstić information content (AvgIpc) is 2.97. The summed E-state index contributed by atoms with van der Waals surface area (Å²) in [5.74, 6) is -0.724. The molecule has 41 heavy (non-hydrogen) atoms. The lowest BCUT2D eigenvalue weighted by Crippen LogP contribution is -2.51. The van der Waals surface area contributed by atoms with Crippen LogP contribution in [0.2, 0.25) is 0 Å². The summed E-state index contributed by atoms with van der Waals surface area (Å²) in [6, 6.07) is 15.1. The maximum atomic E-state index is 13.2. The van der Waals surface area contributed by atoms with Crippen LogP contribution in [-0.4, -0.2) is 62.2 Å². The Kier molecular flexibility index (Phi) is 10.6. The second kappa shape index (κ2) is 14.1. The van der Waals surface area contributed by atoms with E-state index in [1.165, 1.54) is 26.3 Å². The van der Waals surface area contributed by atoms with E-state index in [4.69, 9.17) is 18.9 Å². The van der Waals surface area contributed by atoms with Crippen molar-refractivity contribution in [2.45, 2.75) is 32.9 Å². The molecule has 0 radical (unpaired) electrons. The van der Waals surface area contributed by atoms with Gasteiger partial charge in [-0.2, -0.15) is 0 Å². The Morgan fingerprint density at radius 2 is 1.34 bits per heavy atom. The maximum absolute atomic E-state index is 13.2. The van der Waals surface area contributed by atoms with Crippen molar-refractivity contribution < 1.29 is 33.3 Å². The van der Waals surface area contributed by atoms with Crippen LogP contribution in [0.15, 0.2) is 60.8 Å². The molecule has 2 amide bonds. The third-order valence-corrected chi connectivity index (χ3v) is 6.26. The SMILES string of the molecule is COc1ccc(C(c2ccc(OC)cc2)N(C)NC(=O)[C@H](C)NC(=O)c2nccc(OC)c2OC(=O)C(C)C)cc1. The molecule has 1 aromatic heterocycles. The number of hydrazine groups is 1. The molecule has 3 aromatic rings. The van der Waals surface area contributed by atoms with Gasteiger partial charge in [-0.3, -0.25) is 19.8 Å². The molecule has 1 atom stereocenters. The molecule has 11 nitrogen and oxygen atoms in total. The molecule has 0 fully saturated rings. The number of rotatable bonds is 12. The van der Waals surface area contributed by atoms with Crippen LogP contribution < -0.4 is 29.7 Å². The molecular formula is C30H36N4O7. The molecule has 218 valence electrons. The van der Waals surface area contributed by atoms with Gasteiger partial charge >= 0.3 is 5.97 Å². The molecule has 1 heterocycles. The van der Waals surface area contributed by atoms with Crippen LogP contribution in [0, 0.1) is 5.92 Å². The quantitative estimate of drug-likeness (QED) is 0.251. The smallest absolute Gasteiger partial charge is 0.313 e. The van der Waals surface area contributed by atoms with Crippen LogP contribution in [-0.2, 0) is 9.59 Å². The Morgan fingerprint density at radius 1 is 0.805 bits per heavy atom. The summed E-state index contributed by atoms with van der Waals surface area (Å²) in [4.78, 5) is 42.7. The number of carbonyl (C=O) groups is 3. The second-order valence-corrected chi connectivity index (χ2v) is 9.50. The van der Waals surface area contributed by atoms with Crippen molar-refractivity contribution in [1.29, 1.82) is 0 Å². The predicted octanol–water partition coefficient (Wildman–Crippen LogP) is 3.54. The van der Waals surface area contributed by atoms with Crippen molar-refractivity contribution in [3.8, 4) is 23.0 Å². The highest BCUT2D eigenvalue weighted by molar-refractivity contribution is 5.99. The van der Waals surface area contributed by atoms with Gasteiger partial charge in [0.05, 0.1) is 33.3 Å². The molecule has 11 heteroatoms. The van der Waals surface area contributed by atoms with Crippen LogP contribution in [0.1, 0.15) is 48.4 Å². The molecule has 0 aliphatic heterocycles. The van der Waals surface area contributed by atoms with Gasteiger partial charge < -0.3 is 24.3 Å². The number of methoxy groups -OCH3 is 3. The van der Waals surface area contributed by atoms with E-state index in [-0.39, 0.29) is 23.2 Å². The lowest BCUT2D eigenvalue weighted by Gasteiger charge is -2.30. The first-order valence-electron chi connectivity index (χ1n) is 13.0. The van der Waals surface area contributed by atoms with Crippen molar-refractivity contribution in [2.75, 3.05) is 28.4 Å². The summed E-state index contributed by atoms with van der Waals surface area (Å²) in [7, 11) is 6.31. The highest BCUT2D eigenvalue weighted by Gasteiger charge is 2.27. The van der Waals surface area contributed by atoms with Crippen LogP contribution in [0.4, 0.5) is 0 Å². The van der Waals surface area contributed by atoms with Gasteiger partial charge in [-0.25, -0.2) is 9.99 Å². The first-order chi connectivity index (χ1) is 19.6. The van der Waals surface area contributed by atoms with Crippen molar-refractivity contribution in [1.82, 2.24) is 20.7 Å². The Balaban J connectivity index is 1.80. The summed E-state index contributed by atoms with van der Waals surface area (Å²) in [6.07, 6.45) is 1.35. The standard InChI is InChI=1S/C30H36N4O7/c1-18(2)30(37)41-27-24(40-7)16-17-31-25(27)29(36)32-19(3)28(35)33-34(4)26(20-8-12-22(38-5)13-9-20)21-10-14-23(39-6)15-11-21/h8-19,26H,1-7H3,(H,32,36)(H,33,35)/t19-/m0/s1. The van der Waals surface area contributed by atoms with E-state index in [2.05, 4.69) is 15.7 Å². The highest BCUT2D eigenvalue weighted by Crippen LogP contribution is 2.31. The van der Waals surface area contributed by atoms with Crippen LogP contribution in [0.25, 0.3) is 0 Å². The van der Waals surface area contributed by atoms with E-state index < -0.39 is 29.7 Å². The molecule has 3 rings (SSSR count). The molecule has 2 N–H and O–H groups in total. The zero-order chi connectivity index (χ0) is 30.1. The zero-order valence-electron chi connectivity index (χ0n) is 24.3. The van der Waals surface area contributed by atoms with E-state index in [1.807, 2.05) is 48.5 Å². The molecule has 0 aliphatic carbocycles. The van der Waals surface area contributed by atoms with Gasteiger partial charge in [0.15, 0.2) is 11.4 Å². The number of esters is 1. The topological polar surface area (TPSA) is 128 Å². The Labute approximate surface area is 239 Å². The number of carbonyl (C=O) groups excluding carboxylic acids is 3. The molecular weight excluding hydrogens is 528 g/mol. The van der Waals surface area contributed by atoms with E-state index >= 15 is 0 Å². The summed E-state index contributed by atoms with van der Waals surface area (Å²) in [6.45, 7) is 4.87. The fraction of sp³-hybridized carbons (Fsp3) is 0.333. The van der Waals surface area contributed by atoms with Crippen LogP contribution in [0.3, 0.4) is 0 Å². The summed E-state index contributed by atoms with van der Waals surface area (Å²) in [5.41, 5.74) is 4.47. The normalized spacial score (nSPS) is 11.7. The minimum Gasteiger partial charge on any atom is -0.497 e. The van der Waals surface area contributed by atoms with Gasteiger partial charge in [0.2, 0.25) is 5.75 Å². The zero-order valence-corrected chi connectivity index (χ0v) is 24.3. The van der Waals surface area contributed by atoms with Crippen LogP contribution in [0.5, 0.6) is 23.0 Å². The number of aromatic nitrogens is 1. The first-order valence-corrected chi connectivity index (χ1v) is 13.0. The third-order valence-electron chi connectivity index (χ3n) is 6.26. The largest absolute Gasteiger partial charge is 0.497 e. The Morgan fingerprint density at radius 3 is 1.80 bits per heavy atom. The Hall–Kier alpha value is -4.64. The summed E-state index contributed by atoms with van der Waals surface area (Å²) >= 11 is 0. The molecule has 0 bridgehead atoms. The highest BCUT2D eigenvalue weighted by atomic mass is 16.6. The van der Waals surface area contributed by atoms with E-state index in [9.17, 15) is 14.4 Å². The van der Waals surface area contributed by atoms with Crippen molar-refractivity contribution in [3.05, 3.63) is 77.6 Å². The minimum atomic E-state index is -0.973. The predicted molar refractivity (Wildman–Crippen MR) is 152 cm³/mol. The van der Waals surface area contributed by atoms with E-state index in [0.29, 0.717) is 11.5 Å². The lowest BCUT2D eigenvalue weighted by atomic mass is 9.98. The first kappa shape index (κ1) is 30.9. The summed E-state index contributed by atoms with van der Waals surface area (Å²) < 4.78 is 21.2. The molecule has 0 saturated heterocycles. The number of hydrogen-bond acceptors (Lipinski definition) is 9. The van der Waals surface area contributed by atoms with Gasteiger partial charge in [0.1, 0.15) is 17.5 Å². The summed E-state index contributed by atoms with van der Waals surface area (Å²) in [5, 5.41) is 4.29. The number of amides is 2. The number of ether oxygens (including phenoxy) is 4. The molecule has 0 spiro atoms. The second-order valence-electron chi connectivity index (χ2n) is 9.50.